The van der Waals surface area contributed by atoms with E-state index in [-0.39, 0.29) is 12.3 Å². The molecule has 190 valence electrons. The lowest BCUT2D eigenvalue weighted by atomic mass is 9.90. The summed E-state index contributed by atoms with van der Waals surface area (Å²) in [6.45, 7) is 5.26. The van der Waals surface area contributed by atoms with Crippen molar-refractivity contribution < 1.29 is 14.4 Å². The molecule has 3 amide bonds. The minimum Gasteiger partial charge on any atom is -0.388 e. The number of urea groups is 1. The van der Waals surface area contributed by atoms with Crippen molar-refractivity contribution >= 4 is 40.5 Å². The Kier molecular flexibility index (Phi) is 7.11. The zero-order valence-electron chi connectivity index (χ0n) is 21.4. The number of anilines is 3. The lowest BCUT2D eigenvalue weighted by Gasteiger charge is -2.31. The maximum Gasteiger partial charge on any atom is 0.321 e. The molecule has 8 heteroatoms. The second-order valence-corrected chi connectivity index (χ2v) is 9.84. The van der Waals surface area contributed by atoms with E-state index in [1.807, 2.05) is 75.4 Å². The van der Waals surface area contributed by atoms with E-state index in [1.165, 1.54) is 9.80 Å². The van der Waals surface area contributed by atoms with Crippen LogP contribution in [0.1, 0.15) is 31.9 Å². The van der Waals surface area contributed by atoms with Gasteiger partial charge >= 0.3 is 6.03 Å². The van der Waals surface area contributed by atoms with Crippen LogP contribution in [0.5, 0.6) is 0 Å². The third kappa shape index (κ3) is 5.23. The minimum atomic E-state index is -1.33. The van der Waals surface area contributed by atoms with Gasteiger partial charge in [0.2, 0.25) is 6.17 Å². The van der Waals surface area contributed by atoms with Gasteiger partial charge in [-0.15, -0.1) is 0 Å². The van der Waals surface area contributed by atoms with E-state index in [0.29, 0.717) is 22.6 Å². The fourth-order valence-corrected chi connectivity index (χ4v) is 4.15. The second-order valence-electron chi connectivity index (χ2n) is 9.84. The number of amides is 3. The molecular weight excluding hydrogens is 466 g/mol. The van der Waals surface area contributed by atoms with Gasteiger partial charge < -0.3 is 16.0 Å². The molecule has 0 saturated carbocycles. The number of primary amides is 1. The molecule has 3 N–H and O–H groups in total. The highest BCUT2D eigenvalue weighted by Gasteiger charge is 2.39. The van der Waals surface area contributed by atoms with Crippen molar-refractivity contribution in [2.24, 2.45) is 16.1 Å². The van der Waals surface area contributed by atoms with E-state index >= 15 is 0 Å². The molecular formula is C29H31N5O3. The first-order valence-corrected chi connectivity index (χ1v) is 12.1. The number of para-hydroxylation sites is 1. The Morgan fingerprint density at radius 1 is 1.00 bits per heavy atom. The number of aliphatic imine (C=N–C) groups is 1. The van der Waals surface area contributed by atoms with Gasteiger partial charge in [0.1, 0.15) is 0 Å². The van der Waals surface area contributed by atoms with Crippen LogP contribution in [0.25, 0.3) is 0 Å². The van der Waals surface area contributed by atoms with Gasteiger partial charge in [-0.1, -0.05) is 75.4 Å². The van der Waals surface area contributed by atoms with E-state index in [1.54, 1.807) is 31.3 Å². The zero-order chi connectivity index (χ0) is 26.7. The Hall–Kier alpha value is -4.46. The molecule has 0 unspecified atom stereocenters. The van der Waals surface area contributed by atoms with Crippen LogP contribution in [0, 0.1) is 5.41 Å². The summed E-state index contributed by atoms with van der Waals surface area (Å²) in [6.07, 6.45) is -1.33. The van der Waals surface area contributed by atoms with E-state index in [4.69, 9.17) is 10.7 Å². The Morgan fingerprint density at radius 2 is 1.68 bits per heavy atom. The monoisotopic (exact) mass is 497 g/mol. The van der Waals surface area contributed by atoms with Crippen LogP contribution in [-0.4, -0.2) is 43.2 Å². The van der Waals surface area contributed by atoms with Crippen LogP contribution >= 0.6 is 0 Å². The lowest BCUT2D eigenvalue weighted by Crippen LogP contribution is -2.53. The number of fused-ring (bicyclic) bond motifs is 1. The number of nitrogens with two attached hydrogens (primary N) is 1. The summed E-state index contributed by atoms with van der Waals surface area (Å²) in [5.41, 5.74) is 8.85. The molecule has 0 fully saturated rings. The largest absolute Gasteiger partial charge is 0.388 e. The molecule has 0 spiro atoms. The molecule has 1 atom stereocenters. The summed E-state index contributed by atoms with van der Waals surface area (Å²) >= 11 is 0. The highest BCUT2D eigenvalue weighted by atomic mass is 16.2. The molecule has 37 heavy (non-hydrogen) atoms. The highest BCUT2D eigenvalue weighted by molar-refractivity contribution is 6.22. The summed E-state index contributed by atoms with van der Waals surface area (Å²) < 4.78 is 0. The Balaban J connectivity index is 1.96. The number of benzene rings is 3. The highest BCUT2D eigenvalue weighted by Crippen LogP contribution is 2.32. The van der Waals surface area contributed by atoms with Gasteiger partial charge in [0.25, 0.3) is 5.91 Å². The number of rotatable bonds is 6. The van der Waals surface area contributed by atoms with E-state index in [0.717, 1.165) is 11.3 Å². The zero-order valence-corrected chi connectivity index (χ0v) is 21.4. The van der Waals surface area contributed by atoms with Crippen molar-refractivity contribution in [1.29, 1.82) is 0 Å². The summed E-state index contributed by atoms with van der Waals surface area (Å²) in [5.74, 6) is -0.648. The number of nitrogens with zero attached hydrogens (tertiary/aromatic N) is 3. The van der Waals surface area contributed by atoms with E-state index in [9.17, 15) is 14.4 Å². The molecule has 1 aliphatic heterocycles. The average Bonchev–Trinajstić information content (AvgIpc) is 2.99. The second kappa shape index (κ2) is 10.3. The first kappa shape index (κ1) is 25.6. The van der Waals surface area contributed by atoms with Crippen molar-refractivity contribution in [3.63, 3.8) is 0 Å². The molecule has 0 aliphatic carbocycles. The third-order valence-electron chi connectivity index (χ3n) is 6.27. The normalized spacial score (nSPS) is 15.4. The topological polar surface area (TPSA) is 108 Å². The number of carbonyl (C=O) groups is 3. The summed E-state index contributed by atoms with van der Waals surface area (Å²) in [7, 11) is 1.76. The molecule has 0 radical (unpaired) electrons. The van der Waals surface area contributed by atoms with Crippen LogP contribution in [0.3, 0.4) is 0 Å². The van der Waals surface area contributed by atoms with Crippen LogP contribution in [-0.2, 0) is 9.59 Å². The molecule has 0 aromatic heterocycles. The molecule has 4 rings (SSSR count). The van der Waals surface area contributed by atoms with Crippen LogP contribution in [0.4, 0.5) is 21.9 Å². The molecule has 8 nitrogen and oxygen atoms in total. The van der Waals surface area contributed by atoms with Crippen molar-refractivity contribution in [3.8, 4) is 0 Å². The first-order chi connectivity index (χ1) is 17.6. The molecule has 0 saturated heterocycles. The predicted octanol–water partition coefficient (Wildman–Crippen LogP) is 4.44. The van der Waals surface area contributed by atoms with E-state index in [2.05, 4.69) is 5.32 Å². The molecule has 3 aromatic rings. The predicted molar refractivity (Wildman–Crippen MR) is 147 cm³/mol. The van der Waals surface area contributed by atoms with Gasteiger partial charge in [-0.25, -0.2) is 9.79 Å². The third-order valence-corrected chi connectivity index (χ3v) is 6.27. The standard InChI is InChI=1S/C29H31N5O3/c1-29(2,3)24(35)18-33-23-16-9-8-15-22(23)25(19-11-6-5-7-12-19)32-26(27(33)36)34(28(30)37)21-14-10-13-20(17-21)31-4/h5-17,26,31H,18H2,1-4H3,(H2,30,37)/t26-/m1/s1. The van der Waals surface area contributed by atoms with Crippen molar-refractivity contribution in [3.05, 3.63) is 90.0 Å². The Morgan fingerprint density at radius 3 is 2.32 bits per heavy atom. The van der Waals surface area contributed by atoms with E-state index < -0.39 is 23.5 Å². The van der Waals surface area contributed by atoms with Crippen molar-refractivity contribution in [1.82, 2.24) is 0 Å². The van der Waals surface area contributed by atoms with Crippen molar-refractivity contribution in [2.45, 2.75) is 26.9 Å². The minimum absolute atomic E-state index is 0.125. The SMILES string of the molecule is CNc1cccc(N(C(N)=O)[C@H]2N=C(c3ccccc3)c3ccccc3N(CC(=O)C(C)(C)C)C2=O)c1. The fraction of sp³-hybridized carbons (Fsp3) is 0.241. The summed E-state index contributed by atoms with van der Waals surface area (Å²) in [5, 5.41) is 3.03. The van der Waals surface area contributed by atoms with Gasteiger partial charge in [-0.3, -0.25) is 14.5 Å². The van der Waals surface area contributed by atoms with Gasteiger partial charge in [-0.2, -0.15) is 0 Å². The molecule has 1 heterocycles. The summed E-state index contributed by atoms with van der Waals surface area (Å²) in [6, 6.07) is 22.9. The first-order valence-electron chi connectivity index (χ1n) is 12.1. The lowest BCUT2D eigenvalue weighted by molar-refractivity contribution is -0.127. The maximum atomic E-state index is 14.2. The molecule has 3 aromatic carbocycles. The number of nitrogens with one attached hydrogen (secondary N) is 1. The van der Waals surface area contributed by atoms with Crippen LogP contribution < -0.4 is 20.9 Å². The van der Waals surface area contributed by atoms with Gasteiger partial charge in [0.15, 0.2) is 5.78 Å². The fourth-order valence-electron chi connectivity index (χ4n) is 4.15. The Bertz CT molecular complexity index is 1360. The number of ketones is 1. The number of hydrogen-bond donors (Lipinski definition) is 2. The number of Topliss-reactive ketones (excluding diaryl/α,β-unsaturated/α-hetero) is 1. The van der Waals surface area contributed by atoms with Gasteiger partial charge in [-0.05, 0) is 24.3 Å². The number of carbonyl (C=O) groups excluding carboxylic acids is 3. The Labute approximate surface area is 216 Å². The quantitative estimate of drug-likeness (QED) is 0.525. The maximum absolute atomic E-state index is 14.2. The number of benzodiazepines with no additional fused rings is 1. The molecule has 0 bridgehead atoms. The average molecular weight is 498 g/mol. The number of hydrogen-bond acceptors (Lipinski definition) is 5. The smallest absolute Gasteiger partial charge is 0.321 e. The van der Waals surface area contributed by atoms with Gasteiger partial charge in [0.05, 0.1) is 23.6 Å². The van der Waals surface area contributed by atoms with Crippen molar-refractivity contribution in [2.75, 3.05) is 28.7 Å². The summed E-state index contributed by atoms with van der Waals surface area (Å²) in [4.78, 5) is 47.7. The van der Waals surface area contributed by atoms with Crippen LogP contribution in [0.2, 0.25) is 0 Å². The molecule has 1 aliphatic rings. The van der Waals surface area contributed by atoms with Crippen LogP contribution in [0.15, 0.2) is 83.9 Å². The van der Waals surface area contributed by atoms with Gasteiger partial charge in [0, 0.05) is 29.3 Å².